The Morgan fingerprint density at radius 3 is 2.76 bits per heavy atom. The van der Waals surface area contributed by atoms with Crippen LogP contribution >= 0.6 is 0 Å². The van der Waals surface area contributed by atoms with Crippen molar-refractivity contribution < 1.29 is 4.74 Å². The van der Waals surface area contributed by atoms with E-state index in [1.807, 2.05) is 12.1 Å². The van der Waals surface area contributed by atoms with Gasteiger partial charge in [-0.2, -0.15) is 0 Å². The molecule has 0 radical (unpaired) electrons. The number of hydrogen-bond donors (Lipinski definition) is 1. The lowest BCUT2D eigenvalue weighted by Crippen LogP contribution is -2.30. The van der Waals surface area contributed by atoms with Crippen LogP contribution in [0.2, 0.25) is 0 Å². The summed E-state index contributed by atoms with van der Waals surface area (Å²) in [5.74, 6) is 0. The average molecular weight is 234 g/mol. The quantitative estimate of drug-likeness (QED) is 0.791. The SMILES string of the molecule is CN(CCc1ccc(N)cc1)CC1CCCO1. The fourth-order valence-electron chi connectivity index (χ4n) is 2.23. The first kappa shape index (κ1) is 12.4. The van der Waals surface area contributed by atoms with Crippen molar-refractivity contribution in [1.82, 2.24) is 4.90 Å². The van der Waals surface area contributed by atoms with Crippen LogP contribution in [0.4, 0.5) is 5.69 Å². The van der Waals surface area contributed by atoms with Crippen molar-refractivity contribution in [3.8, 4) is 0 Å². The van der Waals surface area contributed by atoms with Gasteiger partial charge in [0.05, 0.1) is 6.10 Å². The molecule has 1 atom stereocenters. The monoisotopic (exact) mass is 234 g/mol. The second kappa shape index (κ2) is 6.03. The van der Waals surface area contributed by atoms with Gasteiger partial charge in [-0.15, -0.1) is 0 Å². The van der Waals surface area contributed by atoms with Gasteiger partial charge in [-0.1, -0.05) is 12.1 Å². The molecular formula is C14H22N2O. The molecule has 0 saturated carbocycles. The Kier molecular flexibility index (Phi) is 4.40. The molecule has 1 unspecified atom stereocenters. The zero-order valence-corrected chi connectivity index (χ0v) is 10.6. The van der Waals surface area contributed by atoms with Gasteiger partial charge in [0.1, 0.15) is 0 Å². The van der Waals surface area contributed by atoms with E-state index in [2.05, 4.69) is 24.1 Å². The van der Waals surface area contributed by atoms with E-state index in [1.54, 1.807) is 0 Å². The van der Waals surface area contributed by atoms with Crippen LogP contribution in [-0.4, -0.2) is 37.7 Å². The molecule has 2 N–H and O–H groups in total. The molecule has 1 aromatic carbocycles. The van der Waals surface area contributed by atoms with Crippen molar-refractivity contribution in [2.75, 3.05) is 32.5 Å². The van der Waals surface area contributed by atoms with Crippen molar-refractivity contribution in [3.63, 3.8) is 0 Å². The summed E-state index contributed by atoms with van der Waals surface area (Å²) in [5, 5.41) is 0. The van der Waals surface area contributed by atoms with Crippen LogP contribution in [0.15, 0.2) is 24.3 Å². The van der Waals surface area contributed by atoms with Crippen LogP contribution in [0, 0.1) is 0 Å². The molecule has 1 heterocycles. The Morgan fingerprint density at radius 2 is 2.12 bits per heavy atom. The van der Waals surface area contributed by atoms with Crippen LogP contribution in [-0.2, 0) is 11.2 Å². The minimum Gasteiger partial charge on any atom is -0.399 e. The Hall–Kier alpha value is -1.06. The smallest absolute Gasteiger partial charge is 0.0702 e. The van der Waals surface area contributed by atoms with E-state index in [0.29, 0.717) is 6.10 Å². The fraction of sp³-hybridized carbons (Fsp3) is 0.571. The highest BCUT2D eigenvalue weighted by molar-refractivity contribution is 5.39. The maximum atomic E-state index is 5.66. The second-order valence-electron chi connectivity index (χ2n) is 4.89. The van der Waals surface area contributed by atoms with Gasteiger partial charge in [0.2, 0.25) is 0 Å². The van der Waals surface area contributed by atoms with Crippen molar-refractivity contribution in [2.24, 2.45) is 0 Å². The number of hydrogen-bond acceptors (Lipinski definition) is 3. The molecule has 17 heavy (non-hydrogen) atoms. The number of benzene rings is 1. The summed E-state index contributed by atoms with van der Waals surface area (Å²) >= 11 is 0. The lowest BCUT2D eigenvalue weighted by Gasteiger charge is -2.20. The summed E-state index contributed by atoms with van der Waals surface area (Å²) in [6, 6.07) is 8.15. The van der Waals surface area contributed by atoms with E-state index in [4.69, 9.17) is 10.5 Å². The molecule has 3 nitrogen and oxygen atoms in total. The van der Waals surface area contributed by atoms with E-state index < -0.39 is 0 Å². The number of nitrogens with zero attached hydrogens (tertiary/aromatic N) is 1. The molecule has 1 aliphatic heterocycles. The molecule has 0 aliphatic carbocycles. The highest BCUT2D eigenvalue weighted by Crippen LogP contribution is 2.13. The number of ether oxygens (including phenoxy) is 1. The van der Waals surface area contributed by atoms with E-state index in [9.17, 15) is 0 Å². The Labute approximate surface area is 104 Å². The largest absolute Gasteiger partial charge is 0.399 e. The minimum atomic E-state index is 0.450. The molecule has 0 aromatic heterocycles. The lowest BCUT2D eigenvalue weighted by molar-refractivity contribution is 0.0815. The van der Waals surface area contributed by atoms with Crippen molar-refractivity contribution >= 4 is 5.69 Å². The summed E-state index contributed by atoms with van der Waals surface area (Å²) in [4.78, 5) is 2.35. The van der Waals surface area contributed by atoms with E-state index in [0.717, 1.165) is 31.8 Å². The summed E-state index contributed by atoms with van der Waals surface area (Å²) in [6.07, 6.45) is 3.96. The highest BCUT2D eigenvalue weighted by Gasteiger charge is 2.16. The first-order valence-electron chi connectivity index (χ1n) is 6.38. The Morgan fingerprint density at radius 1 is 1.35 bits per heavy atom. The molecule has 0 spiro atoms. The van der Waals surface area contributed by atoms with Gasteiger partial charge in [0.25, 0.3) is 0 Å². The molecule has 0 amide bonds. The molecule has 94 valence electrons. The lowest BCUT2D eigenvalue weighted by atomic mass is 10.1. The molecule has 1 aliphatic rings. The minimum absolute atomic E-state index is 0.450. The van der Waals surface area contributed by atoms with Gasteiger partial charge >= 0.3 is 0 Å². The molecule has 1 aromatic rings. The van der Waals surface area contributed by atoms with Gasteiger partial charge < -0.3 is 15.4 Å². The van der Waals surface area contributed by atoms with Crippen molar-refractivity contribution in [3.05, 3.63) is 29.8 Å². The van der Waals surface area contributed by atoms with Gasteiger partial charge in [0, 0.05) is 25.4 Å². The van der Waals surface area contributed by atoms with Crippen LogP contribution in [0.5, 0.6) is 0 Å². The summed E-state index contributed by atoms with van der Waals surface area (Å²) in [7, 11) is 2.17. The fourth-order valence-corrected chi connectivity index (χ4v) is 2.23. The maximum Gasteiger partial charge on any atom is 0.0702 e. The van der Waals surface area contributed by atoms with Gasteiger partial charge in [-0.25, -0.2) is 0 Å². The zero-order valence-electron chi connectivity index (χ0n) is 10.6. The molecule has 1 saturated heterocycles. The van der Waals surface area contributed by atoms with Crippen molar-refractivity contribution in [1.29, 1.82) is 0 Å². The molecular weight excluding hydrogens is 212 g/mol. The van der Waals surface area contributed by atoms with Gasteiger partial charge in [0.15, 0.2) is 0 Å². The first-order chi connectivity index (χ1) is 8.24. The van der Waals surface area contributed by atoms with Crippen LogP contribution in [0.25, 0.3) is 0 Å². The topological polar surface area (TPSA) is 38.5 Å². The van der Waals surface area contributed by atoms with Crippen molar-refractivity contribution in [2.45, 2.75) is 25.4 Å². The summed E-state index contributed by atoms with van der Waals surface area (Å²) < 4.78 is 5.63. The standard InChI is InChI=1S/C14H22N2O/c1-16(11-14-3-2-10-17-14)9-8-12-4-6-13(15)7-5-12/h4-7,14H,2-3,8-11,15H2,1H3. The van der Waals surface area contributed by atoms with Crippen LogP contribution < -0.4 is 5.73 Å². The predicted molar refractivity (Wildman–Crippen MR) is 71.0 cm³/mol. The second-order valence-corrected chi connectivity index (χ2v) is 4.89. The number of nitrogens with two attached hydrogens (primary N) is 1. The molecule has 2 rings (SSSR count). The van der Waals surface area contributed by atoms with Crippen LogP contribution in [0.3, 0.4) is 0 Å². The third kappa shape index (κ3) is 4.02. The molecule has 3 heteroatoms. The molecule has 0 bridgehead atoms. The number of nitrogen functional groups attached to an aromatic ring is 1. The third-order valence-electron chi connectivity index (χ3n) is 3.30. The Balaban J connectivity index is 1.71. The molecule has 1 fully saturated rings. The number of anilines is 1. The van der Waals surface area contributed by atoms with Gasteiger partial charge in [-0.05, 0) is 44.0 Å². The van der Waals surface area contributed by atoms with E-state index >= 15 is 0 Å². The highest BCUT2D eigenvalue weighted by atomic mass is 16.5. The number of rotatable bonds is 5. The van der Waals surface area contributed by atoms with Crippen LogP contribution in [0.1, 0.15) is 18.4 Å². The maximum absolute atomic E-state index is 5.66. The van der Waals surface area contributed by atoms with E-state index in [-0.39, 0.29) is 0 Å². The third-order valence-corrected chi connectivity index (χ3v) is 3.30. The zero-order chi connectivity index (χ0) is 12.1. The van der Waals surface area contributed by atoms with Gasteiger partial charge in [-0.3, -0.25) is 0 Å². The normalized spacial score (nSPS) is 20.0. The summed E-state index contributed by atoms with van der Waals surface area (Å²) in [6.45, 7) is 3.06. The predicted octanol–water partition coefficient (Wildman–Crippen LogP) is 1.92. The van der Waals surface area contributed by atoms with E-state index in [1.165, 1.54) is 18.4 Å². The number of likely N-dealkylation sites (N-methyl/N-ethyl adjacent to an activating group) is 1. The summed E-state index contributed by atoms with van der Waals surface area (Å²) in [5.41, 5.74) is 7.84. The average Bonchev–Trinajstić information content (AvgIpc) is 2.81. The Bertz CT molecular complexity index is 331. The first-order valence-corrected chi connectivity index (χ1v) is 6.38.